The van der Waals surface area contributed by atoms with Crippen molar-refractivity contribution in [3.8, 4) is 0 Å². The minimum Gasteiger partial charge on any atom is -0.112 e. The van der Waals surface area contributed by atoms with E-state index >= 15 is 0 Å². The maximum absolute atomic E-state index is 2.47. The van der Waals surface area contributed by atoms with Crippen molar-refractivity contribution in [1.82, 2.24) is 0 Å². The molecule has 0 spiro atoms. The predicted molar refractivity (Wildman–Crippen MR) is 251 cm³/mol. The molecule has 8 heteroatoms. The molecule has 0 aromatic heterocycles. The molecule has 3 aliphatic heterocycles. The summed E-state index contributed by atoms with van der Waals surface area (Å²) in [4.78, 5) is 0. The van der Waals surface area contributed by atoms with Gasteiger partial charge in [-0.2, -0.15) is 0 Å². The number of hydrogen-bond donors (Lipinski definition) is 0. The average Bonchev–Trinajstić information content (AvgIpc) is 3.65. The molecule has 6 rings (SSSR count). The van der Waals surface area contributed by atoms with Crippen LogP contribution >= 0.6 is 94.1 Å². The van der Waals surface area contributed by atoms with E-state index in [1.165, 1.54) is 69.9 Å². The van der Waals surface area contributed by atoms with Crippen molar-refractivity contribution in [3.63, 3.8) is 0 Å². The van der Waals surface area contributed by atoms with Crippen molar-refractivity contribution < 1.29 is 0 Å². The van der Waals surface area contributed by atoms with Crippen LogP contribution in [0.5, 0.6) is 0 Å². The smallest absolute Gasteiger partial charge is 0.0717 e. The van der Waals surface area contributed by atoms with Gasteiger partial charge in [-0.1, -0.05) is 191 Å². The molecule has 0 atom stereocenters. The van der Waals surface area contributed by atoms with E-state index in [-0.39, 0.29) is 21.7 Å². The number of thioether (sulfide) groups is 8. The van der Waals surface area contributed by atoms with Gasteiger partial charge in [-0.05, 0) is 66.2 Å². The van der Waals surface area contributed by atoms with Crippen LogP contribution in [0.25, 0.3) is 0 Å². The SMILES string of the molecule is CC(C)(C)c1cc(CSC2=C(SCc3cc(C(C)(C)C)cc(C(C)(C)C)c3)SC(=C3SC4=C(SCc5ccccc5CS4)S3)S2)cc(C(C)(C)C)c1. The Morgan fingerprint density at radius 1 is 0.442 bits per heavy atom. The summed E-state index contributed by atoms with van der Waals surface area (Å²) >= 11 is 16.2. The largest absolute Gasteiger partial charge is 0.112 e. The highest BCUT2D eigenvalue weighted by atomic mass is 32.3. The second kappa shape index (κ2) is 16.3. The normalized spacial score (nSPS) is 17.5. The van der Waals surface area contributed by atoms with Crippen molar-refractivity contribution in [3.05, 3.63) is 131 Å². The fourth-order valence-electron chi connectivity index (χ4n) is 5.77. The molecule has 0 aliphatic carbocycles. The first kappa shape index (κ1) is 41.3. The van der Waals surface area contributed by atoms with Crippen LogP contribution in [-0.4, -0.2) is 0 Å². The Morgan fingerprint density at radius 3 is 1.10 bits per heavy atom. The molecule has 0 unspecified atom stereocenters. The summed E-state index contributed by atoms with van der Waals surface area (Å²) in [6, 6.07) is 23.7. The molecule has 3 heterocycles. The van der Waals surface area contributed by atoms with Crippen LogP contribution in [-0.2, 0) is 44.7 Å². The standard InChI is InChI=1S/C44H54S8/c1-41(2,3)31-17-27(18-32(21-31)42(4,5)6)23-45-35-36(46-24-28-19-33(43(7,8)9)22-34(20-28)44(10,11)12)50-39(49-35)40-51-37-38(52-40)48-26-30-16-14-13-15-29(30)25-47-37/h13-22H,23-26H2,1-12H3. The van der Waals surface area contributed by atoms with Gasteiger partial charge in [0, 0.05) is 23.0 Å². The van der Waals surface area contributed by atoms with Crippen LogP contribution in [0.15, 0.2) is 86.1 Å². The summed E-state index contributed by atoms with van der Waals surface area (Å²) in [6.07, 6.45) is 0. The maximum atomic E-state index is 2.47. The summed E-state index contributed by atoms with van der Waals surface area (Å²) in [6.45, 7) is 28.1. The minimum absolute atomic E-state index is 0.113. The highest BCUT2D eigenvalue weighted by molar-refractivity contribution is 8.44. The predicted octanol–water partition coefficient (Wildman–Crippen LogP) is 16.6. The third-order valence-corrected chi connectivity index (χ3v) is 21.1. The molecular formula is C44H54S8. The Labute approximate surface area is 349 Å². The second-order valence-corrected chi connectivity index (χ2v) is 27.5. The molecule has 3 aromatic rings. The lowest BCUT2D eigenvalue weighted by atomic mass is 9.80. The Hall–Kier alpha value is -0.320. The molecule has 0 radical (unpaired) electrons. The van der Waals surface area contributed by atoms with E-state index < -0.39 is 0 Å². The first-order valence-electron chi connectivity index (χ1n) is 18.1. The molecule has 3 aliphatic rings. The third kappa shape index (κ3) is 10.3. The number of fused-ring (bicyclic) bond motifs is 1. The topological polar surface area (TPSA) is 0 Å². The van der Waals surface area contributed by atoms with Gasteiger partial charge >= 0.3 is 0 Å². The van der Waals surface area contributed by atoms with Crippen LogP contribution in [0.2, 0.25) is 0 Å². The van der Waals surface area contributed by atoms with Gasteiger partial charge in [-0.3, -0.25) is 0 Å². The minimum atomic E-state index is 0.113. The zero-order chi connectivity index (χ0) is 37.6. The number of benzene rings is 3. The average molecular weight is 839 g/mol. The molecule has 0 amide bonds. The zero-order valence-electron chi connectivity index (χ0n) is 32.9. The monoisotopic (exact) mass is 838 g/mol. The quantitative estimate of drug-likeness (QED) is 0.238. The van der Waals surface area contributed by atoms with E-state index in [1.54, 1.807) is 0 Å². The Balaban J connectivity index is 1.28. The van der Waals surface area contributed by atoms with E-state index in [0.29, 0.717) is 0 Å². The molecule has 3 aromatic carbocycles. The van der Waals surface area contributed by atoms with Crippen LogP contribution in [0, 0.1) is 0 Å². The molecule has 0 N–H and O–H groups in total. The van der Waals surface area contributed by atoms with Gasteiger partial charge in [-0.25, -0.2) is 0 Å². The molecule has 0 saturated heterocycles. The lowest BCUT2D eigenvalue weighted by Crippen LogP contribution is -2.17. The van der Waals surface area contributed by atoms with Crippen molar-refractivity contribution in [2.24, 2.45) is 0 Å². The first-order chi connectivity index (χ1) is 24.2. The van der Waals surface area contributed by atoms with Gasteiger partial charge in [0.05, 0.1) is 25.4 Å². The Morgan fingerprint density at radius 2 is 0.769 bits per heavy atom. The third-order valence-electron chi connectivity index (χ3n) is 9.27. The van der Waals surface area contributed by atoms with E-state index in [2.05, 4.69) is 144 Å². The first-order valence-corrected chi connectivity index (χ1v) is 25.3. The summed E-state index contributed by atoms with van der Waals surface area (Å²) in [5.41, 5.74) is 12.0. The molecule has 52 heavy (non-hydrogen) atoms. The number of hydrogen-bond acceptors (Lipinski definition) is 8. The molecule has 0 saturated carbocycles. The fraction of sp³-hybridized carbons (Fsp3) is 0.455. The van der Waals surface area contributed by atoms with Crippen LogP contribution in [0.1, 0.15) is 128 Å². The summed E-state index contributed by atoms with van der Waals surface area (Å²) in [5.74, 6) is 4.08. The fourth-order valence-corrected chi connectivity index (χ4v) is 17.7. The highest BCUT2D eigenvalue weighted by Gasteiger charge is 2.32. The highest BCUT2D eigenvalue weighted by Crippen LogP contribution is 2.67. The maximum Gasteiger partial charge on any atom is 0.0717 e. The van der Waals surface area contributed by atoms with Gasteiger partial charge < -0.3 is 0 Å². The molecular weight excluding hydrogens is 785 g/mol. The lowest BCUT2D eigenvalue weighted by molar-refractivity contribution is 0.567. The molecule has 278 valence electrons. The van der Waals surface area contributed by atoms with Crippen LogP contribution in [0.3, 0.4) is 0 Å². The van der Waals surface area contributed by atoms with Crippen LogP contribution < -0.4 is 0 Å². The molecule has 0 nitrogen and oxygen atoms in total. The summed E-state index contributed by atoms with van der Waals surface area (Å²) < 4.78 is 8.84. The van der Waals surface area contributed by atoms with Gasteiger partial charge in [0.1, 0.15) is 0 Å². The summed E-state index contributed by atoms with van der Waals surface area (Å²) in [5, 5.41) is 0. The Kier molecular flexibility index (Phi) is 12.9. The zero-order valence-corrected chi connectivity index (χ0v) is 39.4. The van der Waals surface area contributed by atoms with Crippen molar-refractivity contribution in [1.29, 1.82) is 0 Å². The number of rotatable bonds is 6. The van der Waals surface area contributed by atoms with Crippen molar-refractivity contribution in [2.75, 3.05) is 0 Å². The molecule has 0 bridgehead atoms. The van der Waals surface area contributed by atoms with Gasteiger partial charge in [-0.15, -0.1) is 47.0 Å². The van der Waals surface area contributed by atoms with E-state index in [1.807, 2.05) is 94.1 Å². The van der Waals surface area contributed by atoms with Crippen molar-refractivity contribution in [2.45, 2.75) is 128 Å². The van der Waals surface area contributed by atoms with E-state index in [0.717, 1.165) is 23.0 Å². The van der Waals surface area contributed by atoms with E-state index in [9.17, 15) is 0 Å². The van der Waals surface area contributed by atoms with Crippen LogP contribution in [0.4, 0.5) is 0 Å². The summed E-state index contributed by atoms with van der Waals surface area (Å²) in [7, 11) is 0. The Bertz CT molecular complexity index is 1720. The second-order valence-electron chi connectivity index (χ2n) is 17.9. The van der Waals surface area contributed by atoms with Gasteiger partial charge in [0.25, 0.3) is 0 Å². The van der Waals surface area contributed by atoms with E-state index in [4.69, 9.17) is 0 Å². The lowest BCUT2D eigenvalue weighted by Gasteiger charge is -2.26. The van der Waals surface area contributed by atoms with Gasteiger partial charge in [0.15, 0.2) is 0 Å². The van der Waals surface area contributed by atoms with Crippen molar-refractivity contribution >= 4 is 94.1 Å². The van der Waals surface area contributed by atoms with Gasteiger partial charge in [0.2, 0.25) is 0 Å². The molecule has 0 fully saturated rings.